The summed E-state index contributed by atoms with van der Waals surface area (Å²) in [4.78, 5) is 17.4. The van der Waals surface area contributed by atoms with E-state index in [0.29, 0.717) is 0 Å². The fourth-order valence-electron chi connectivity index (χ4n) is 0. The summed E-state index contributed by atoms with van der Waals surface area (Å²) < 4.78 is 0. The van der Waals surface area contributed by atoms with E-state index in [1.165, 1.54) is 0 Å². The van der Waals surface area contributed by atoms with Gasteiger partial charge in [0.05, 0.1) is 6.54 Å². The minimum absolute atomic E-state index is 0. The van der Waals surface area contributed by atoms with Gasteiger partial charge in [0, 0.05) is 21.8 Å². The minimum Gasteiger partial charge on any atom is -0.480 e. The monoisotopic (exact) mass is 180 g/mol. The van der Waals surface area contributed by atoms with Crippen molar-refractivity contribution in [3.63, 3.8) is 0 Å². The molecule has 0 aromatic rings. The largest absolute Gasteiger partial charge is 0.480 e. The van der Waals surface area contributed by atoms with E-state index in [1.807, 2.05) is 0 Å². The molecule has 7 heteroatoms. The van der Waals surface area contributed by atoms with Crippen molar-refractivity contribution in [1.82, 2.24) is 0 Å². The zero-order valence-corrected chi connectivity index (χ0v) is 5.26. The first-order valence-corrected chi connectivity index (χ1v) is 1.60. The van der Waals surface area contributed by atoms with Crippen LogP contribution in [0.5, 0.6) is 0 Å². The Hall–Kier alpha value is -0.676. The van der Waals surface area contributed by atoms with Crippen LogP contribution in [-0.2, 0) is 21.3 Å². The number of rotatable bonds is 1. The molecule has 0 amide bonds. The molecule has 0 heterocycles. The van der Waals surface area contributed by atoms with E-state index in [9.17, 15) is 4.79 Å². The first-order valence-electron chi connectivity index (χ1n) is 1.60. The maximum atomic E-state index is 9.24. The third-order valence-corrected chi connectivity index (χ3v) is 0.175. The summed E-state index contributed by atoms with van der Waals surface area (Å²) in [6.07, 6.45) is 0. The molecule has 0 aromatic heterocycles. The predicted molar refractivity (Wildman–Crippen MR) is 24.4 cm³/mol. The maximum Gasteiger partial charge on any atom is 0.317 e. The second kappa shape index (κ2) is 15.7. The first-order chi connectivity index (χ1) is 3.68. The Morgan fingerprint density at radius 1 is 1.78 bits per heavy atom. The summed E-state index contributed by atoms with van der Waals surface area (Å²) >= 11 is 0. The Labute approximate surface area is 60.9 Å². The van der Waals surface area contributed by atoms with Crippen molar-refractivity contribution in [1.29, 1.82) is 0 Å². The Bertz CT molecular complexity index is 77.0. The van der Waals surface area contributed by atoms with Gasteiger partial charge in [-0.05, 0) is 0 Å². The van der Waals surface area contributed by atoms with E-state index in [0.717, 1.165) is 0 Å². The van der Waals surface area contributed by atoms with E-state index in [4.69, 9.17) is 15.2 Å². The molecular formula is C2H6N2NiO4. The fourth-order valence-corrected chi connectivity index (χ4v) is 0. The average molecular weight is 181 g/mol. The van der Waals surface area contributed by atoms with Crippen LogP contribution in [0.4, 0.5) is 0 Å². The van der Waals surface area contributed by atoms with Gasteiger partial charge in [-0.15, -0.1) is 0 Å². The molecule has 0 unspecified atom stereocenters. The molecule has 0 aliphatic heterocycles. The van der Waals surface area contributed by atoms with Crippen LogP contribution in [0.1, 0.15) is 0 Å². The van der Waals surface area contributed by atoms with Gasteiger partial charge in [-0.3, -0.25) is 14.9 Å². The second-order valence-electron chi connectivity index (χ2n) is 0.681. The van der Waals surface area contributed by atoms with E-state index in [2.05, 4.69) is 5.73 Å². The smallest absolute Gasteiger partial charge is 0.317 e. The van der Waals surface area contributed by atoms with Crippen LogP contribution in [0, 0.1) is 10.1 Å². The van der Waals surface area contributed by atoms with Gasteiger partial charge >= 0.3 is 5.97 Å². The van der Waals surface area contributed by atoms with Crippen LogP contribution in [0.15, 0.2) is 0 Å². The van der Waals surface area contributed by atoms with Crippen molar-refractivity contribution >= 4 is 5.97 Å². The van der Waals surface area contributed by atoms with Gasteiger partial charge < -0.3 is 10.8 Å². The molecule has 0 saturated heterocycles. The van der Waals surface area contributed by atoms with Gasteiger partial charge in [0.25, 0.3) is 0 Å². The molecule has 0 radical (unpaired) electrons. The van der Waals surface area contributed by atoms with Crippen molar-refractivity contribution < 1.29 is 31.7 Å². The van der Waals surface area contributed by atoms with Gasteiger partial charge in [0.15, 0.2) is 0 Å². The quantitative estimate of drug-likeness (QED) is 0.232. The van der Waals surface area contributed by atoms with Crippen LogP contribution >= 0.6 is 0 Å². The zero-order valence-electron chi connectivity index (χ0n) is 4.27. The molecule has 0 bridgehead atoms. The van der Waals surface area contributed by atoms with Crippen LogP contribution in [0.3, 0.4) is 0 Å². The number of nitrogens with two attached hydrogens (primary N) is 1. The van der Waals surface area contributed by atoms with Crippen LogP contribution in [0.25, 0.3) is 0 Å². The summed E-state index contributed by atoms with van der Waals surface area (Å²) in [6.45, 7) is -0.278. The first kappa shape index (κ1) is 15.8. The number of carboxylic acids is 1. The number of nitrogens with one attached hydrogen (secondary N) is 1. The molecule has 4 N–H and O–H groups in total. The fraction of sp³-hybridized carbons (Fsp3) is 0.500. The number of carbonyl (C=O) groups is 1. The van der Waals surface area contributed by atoms with Crippen molar-refractivity contribution in [2.45, 2.75) is 0 Å². The van der Waals surface area contributed by atoms with Gasteiger partial charge in [-0.25, -0.2) is 0 Å². The summed E-state index contributed by atoms with van der Waals surface area (Å²) in [5, 5.41) is 16.0. The minimum atomic E-state index is -0.968. The summed E-state index contributed by atoms with van der Waals surface area (Å²) in [5.74, 6) is -0.968. The van der Waals surface area contributed by atoms with Crippen LogP contribution in [-0.4, -0.2) is 17.6 Å². The van der Waals surface area contributed by atoms with Gasteiger partial charge in [-0.1, -0.05) is 0 Å². The van der Waals surface area contributed by atoms with Gasteiger partial charge in [0.1, 0.15) is 0 Å². The Balaban J connectivity index is -0.0000000800. The van der Waals surface area contributed by atoms with Crippen molar-refractivity contribution in [3.8, 4) is 0 Å². The Morgan fingerprint density at radius 3 is 1.89 bits per heavy atom. The molecule has 0 aliphatic rings. The maximum absolute atomic E-state index is 9.24. The zero-order chi connectivity index (χ0) is 6.99. The van der Waals surface area contributed by atoms with E-state index < -0.39 is 5.97 Å². The third kappa shape index (κ3) is 118. The predicted octanol–water partition coefficient (Wildman–Crippen LogP) is -2.64. The topological polar surface area (TPSA) is 117 Å². The van der Waals surface area contributed by atoms with Crippen molar-refractivity contribution in [2.75, 3.05) is 6.54 Å². The van der Waals surface area contributed by atoms with Crippen molar-refractivity contribution in [2.24, 2.45) is 5.73 Å². The molecule has 9 heavy (non-hydrogen) atoms. The van der Waals surface area contributed by atoms with Crippen LogP contribution < -0.4 is 11.1 Å². The summed E-state index contributed by atoms with van der Waals surface area (Å²) in [6, 6.07) is 0. The third-order valence-electron chi connectivity index (χ3n) is 0.175. The van der Waals surface area contributed by atoms with Crippen molar-refractivity contribution in [3.05, 3.63) is 10.1 Å². The molecule has 0 rings (SSSR count). The molecule has 0 aliphatic carbocycles. The summed E-state index contributed by atoms with van der Waals surface area (Å²) in [5.41, 5.74) is 4.57. The standard InChI is InChI=1S/C2H5NO2.HNO2.Ni/c3-1-2(4)5;2-1-3;/h1,3H2,(H,4,5);1H;. The van der Waals surface area contributed by atoms with Crippen LogP contribution in [0.2, 0.25) is 0 Å². The van der Waals surface area contributed by atoms with E-state index in [1.54, 1.807) is 0 Å². The SMILES string of the molecule is NCC(=O)O.O=[NH+][O-].[Ni]. The Kier molecular flexibility index (Phi) is 27.4. The molecule has 6 nitrogen and oxygen atoms in total. The summed E-state index contributed by atoms with van der Waals surface area (Å²) in [7, 11) is 0. The number of aliphatic carboxylic acids is 1. The normalized spacial score (nSPS) is 5.44. The van der Waals surface area contributed by atoms with Gasteiger partial charge in [0.2, 0.25) is 0 Å². The number of hydrogen-bond donors (Lipinski definition) is 3. The molecular weight excluding hydrogens is 175 g/mol. The second-order valence-corrected chi connectivity index (χ2v) is 0.681. The van der Waals surface area contributed by atoms with E-state index in [-0.39, 0.29) is 28.4 Å². The molecule has 0 fully saturated rings. The van der Waals surface area contributed by atoms with Gasteiger partial charge in [-0.2, -0.15) is 0 Å². The Morgan fingerprint density at radius 2 is 1.89 bits per heavy atom. The molecule has 0 saturated carbocycles. The molecule has 0 spiro atoms. The number of hydrogen-bond acceptors (Lipinski definition) is 4. The van der Waals surface area contributed by atoms with E-state index >= 15 is 0 Å². The average Bonchev–Trinajstić information content (AvgIpc) is 1.69. The number of carboxylic acid groups (broad SMARTS) is 1. The molecule has 0 aromatic carbocycles. The molecule has 0 atom stereocenters. The molecule has 58 valence electrons.